The van der Waals surface area contributed by atoms with Gasteiger partial charge in [0.1, 0.15) is 17.3 Å². The van der Waals surface area contributed by atoms with Crippen molar-refractivity contribution in [2.24, 2.45) is 0 Å². The summed E-state index contributed by atoms with van der Waals surface area (Å²) in [5.41, 5.74) is 2.57. The number of aryl methyl sites for hydroxylation is 1. The molecule has 37 heavy (non-hydrogen) atoms. The Hall–Kier alpha value is -4.20. The number of aromatic nitrogens is 2. The lowest BCUT2D eigenvalue weighted by atomic mass is 10.2. The number of hydrogen-bond donors (Lipinski definition) is 1. The first-order valence-corrected chi connectivity index (χ1v) is 12.3. The number of carbonyl (C=O) groups is 1. The van der Waals surface area contributed by atoms with Crippen LogP contribution < -0.4 is 24.3 Å². The molecule has 1 heterocycles. The van der Waals surface area contributed by atoms with Gasteiger partial charge in [-0.1, -0.05) is 12.1 Å². The zero-order chi connectivity index (χ0) is 26.0. The number of nitrogens with one attached hydrogen (secondary N) is 1. The summed E-state index contributed by atoms with van der Waals surface area (Å²) in [7, 11) is 4.77. The molecule has 3 aromatic carbocycles. The van der Waals surface area contributed by atoms with Crippen molar-refractivity contribution >= 4 is 16.9 Å². The highest BCUT2D eigenvalue weighted by molar-refractivity contribution is 5.94. The minimum absolute atomic E-state index is 0.167. The van der Waals surface area contributed by atoms with Gasteiger partial charge in [-0.25, -0.2) is 4.98 Å². The maximum atomic E-state index is 12.7. The first kappa shape index (κ1) is 25.9. The standard InChI is InChI=1S/C29H33N3O5/c1-34-22-11-13-23(14-12-22)37-19-7-6-18-32-25-9-5-4-8-24(25)31-28(32)16-17-30-29(33)21-10-15-26(35-2)27(20-21)36-3/h4-5,8-15,20H,6-7,16-19H2,1-3H3,(H,30,33). The van der Waals surface area contributed by atoms with E-state index in [1.165, 1.54) is 0 Å². The van der Waals surface area contributed by atoms with Crippen molar-refractivity contribution in [2.45, 2.75) is 25.8 Å². The molecule has 1 N–H and O–H groups in total. The molecule has 0 fully saturated rings. The molecule has 8 nitrogen and oxygen atoms in total. The maximum Gasteiger partial charge on any atom is 0.251 e. The quantitative estimate of drug-likeness (QED) is 0.262. The number of benzene rings is 3. The van der Waals surface area contributed by atoms with Crippen LogP contribution in [0.15, 0.2) is 66.7 Å². The monoisotopic (exact) mass is 503 g/mol. The Balaban J connectivity index is 1.32. The molecule has 0 bridgehead atoms. The third-order valence-corrected chi connectivity index (χ3v) is 6.12. The van der Waals surface area contributed by atoms with Crippen molar-refractivity contribution in [2.75, 3.05) is 34.5 Å². The fourth-order valence-corrected chi connectivity index (χ4v) is 4.17. The average molecular weight is 504 g/mol. The second-order valence-corrected chi connectivity index (χ2v) is 8.48. The van der Waals surface area contributed by atoms with E-state index in [2.05, 4.69) is 16.0 Å². The number of methoxy groups -OCH3 is 3. The van der Waals surface area contributed by atoms with Crippen molar-refractivity contribution < 1.29 is 23.7 Å². The minimum atomic E-state index is -0.167. The van der Waals surface area contributed by atoms with Gasteiger partial charge in [-0.15, -0.1) is 0 Å². The van der Waals surface area contributed by atoms with Crippen LogP contribution in [0.25, 0.3) is 11.0 Å². The molecule has 0 unspecified atom stereocenters. The summed E-state index contributed by atoms with van der Waals surface area (Å²) in [5.74, 6) is 3.53. The number of para-hydroxylation sites is 2. The molecule has 194 valence electrons. The van der Waals surface area contributed by atoms with E-state index in [1.54, 1.807) is 39.5 Å². The summed E-state index contributed by atoms with van der Waals surface area (Å²) in [4.78, 5) is 17.5. The number of fused-ring (bicyclic) bond motifs is 1. The van der Waals surface area contributed by atoms with Gasteiger partial charge >= 0.3 is 0 Å². The Morgan fingerprint density at radius 1 is 0.865 bits per heavy atom. The van der Waals surface area contributed by atoms with E-state index in [9.17, 15) is 4.79 Å². The number of unbranched alkanes of at least 4 members (excludes halogenated alkanes) is 1. The van der Waals surface area contributed by atoms with Crippen LogP contribution in [0.1, 0.15) is 29.0 Å². The highest BCUT2D eigenvalue weighted by Gasteiger charge is 2.13. The smallest absolute Gasteiger partial charge is 0.251 e. The third-order valence-electron chi connectivity index (χ3n) is 6.12. The normalized spacial score (nSPS) is 10.8. The molecule has 0 saturated heterocycles. The summed E-state index contributed by atoms with van der Waals surface area (Å²) in [6.07, 6.45) is 2.48. The Bertz CT molecular complexity index is 1320. The van der Waals surface area contributed by atoms with Gasteiger partial charge in [0.15, 0.2) is 11.5 Å². The second kappa shape index (κ2) is 12.7. The van der Waals surface area contributed by atoms with E-state index in [1.807, 2.05) is 42.5 Å². The van der Waals surface area contributed by atoms with Gasteiger partial charge in [-0.05, 0) is 67.4 Å². The Labute approximate surface area is 217 Å². The second-order valence-electron chi connectivity index (χ2n) is 8.48. The fraction of sp³-hybridized carbons (Fsp3) is 0.310. The molecule has 0 spiro atoms. The van der Waals surface area contributed by atoms with E-state index in [-0.39, 0.29) is 5.91 Å². The molecule has 8 heteroatoms. The molecule has 1 aromatic heterocycles. The molecule has 4 aromatic rings. The van der Waals surface area contributed by atoms with Crippen molar-refractivity contribution in [3.05, 3.63) is 78.1 Å². The van der Waals surface area contributed by atoms with E-state index in [0.717, 1.165) is 47.7 Å². The molecule has 0 aliphatic rings. The van der Waals surface area contributed by atoms with Gasteiger partial charge in [0.2, 0.25) is 0 Å². The lowest BCUT2D eigenvalue weighted by Crippen LogP contribution is -2.26. The van der Waals surface area contributed by atoms with Crippen LogP contribution in [-0.4, -0.2) is 49.9 Å². The van der Waals surface area contributed by atoms with Gasteiger partial charge in [-0.2, -0.15) is 0 Å². The fourth-order valence-electron chi connectivity index (χ4n) is 4.17. The molecule has 0 atom stereocenters. The van der Waals surface area contributed by atoms with Gasteiger partial charge in [0.05, 0.1) is 39.0 Å². The highest BCUT2D eigenvalue weighted by Crippen LogP contribution is 2.27. The number of ether oxygens (including phenoxy) is 4. The van der Waals surface area contributed by atoms with Gasteiger partial charge in [0, 0.05) is 25.1 Å². The van der Waals surface area contributed by atoms with Crippen molar-refractivity contribution in [3.63, 3.8) is 0 Å². The molecule has 0 radical (unpaired) electrons. The van der Waals surface area contributed by atoms with Crippen LogP contribution in [0.3, 0.4) is 0 Å². The van der Waals surface area contributed by atoms with Crippen LogP contribution in [0.2, 0.25) is 0 Å². The lowest BCUT2D eigenvalue weighted by molar-refractivity contribution is 0.0953. The first-order valence-electron chi connectivity index (χ1n) is 12.3. The molecule has 1 amide bonds. The largest absolute Gasteiger partial charge is 0.497 e. The molecule has 0 saturated carbocycles. The summed E-state index contributed by atoms with van der Waals surface area (Å²) < 4.78 is 23.8. The predicted molar refractivity (Wildman–Crippen MR) is 143 cm³/mol. The molecule has 0 aliphatic heterocycles. The Kier molecular flexibility index (Phi) is 8.86. The van der Waals surface area contributed by atoms with Crippen LogP contribution in [0, 0.1) is 0 Å². The minimum Gasteiger partial charge on any atom is -0.497 e. The molecule has 4 rings (SSSR count). The lowest BCUT2D eigenvalue weighted by Gasteiger charge is -2.12. The van der Waals surface area contributed by atoms with Crippen molar-refractivity contribution in [1.82, 2.24) is 14.9 Å². The van der Waals surface area contributed by atoms with Crippen LogP contribution >= 0.6 is 0 Å². The van der Waals surface area contributed by atoms with Crippen LogP contribution in [0.5, 0.6) is 23.0 Å². The van der Waals surface area contributed by atoms with Crippen molar-refractivity contribution in [1.29, 1.82) is 0 Å². The Morgan fingerprint density at radius 2 is 1.62 bits per heavy atom. The maximum absolute atomic E-state index is 12.7. The first-order chi connectivity index (χ1) is 18.1. The van der Waals surface area contributed by atoms with Gasteiger partial charge < -0.3 is 28.8 Å². The van der Waals surface area contributed by atoms with Crippen LogP contribution in [-0.2, 0) is 13.0 Å². The zero-order valence-corrected chi connectivity index (χ0v) is 21.5. The molecule has 0 aliphatic carbocycles. The summed E-state index contributed by atoms with van der Waals surface area (Å²) >= 11 is 0. The highest BCUT2D eigenvalue weighted by atomic mass is 16.5. The number of amides is 1. The Morgan fingerprint density at radius 3 is 2.38 bits per heavy atom. The summed E-state index contributed by atoms with van der Waals surface area (Å²) in [6.45, 7) is 1.93. The number of rotatable bonds is 13. The van der Waals surface area contributed by atoms with Gasteiger partial charge in [0.25, 0.3) is 5.91 Å². The summed E-state index contributed by atoms with van der Waals surface area (Å²) in [5, 5.41) is 2.99. The van der Waals surface area contributed by atoms with Crippen molar-refractivity contribution in [3.8, 4) is 23.0 Å². The number of imidazole rings is 1. The van der Waals surface area contributed by atoms with Crippen LogP contribution in [0.4, 0.5) is 0 Å². The van der Waals surface area contributed by atoms with Gasteiger partial charge in [-0.3, -0.25) is 4.79 Å². The average Bonchev–Trinajstić information content (AvgIpc) is 3.29. The zero-order valence-electron chi connectivity index (χ0n) is 21.5. The molecular formula is C29H33N3O5. The third kappa shape index (κ3) is 6.52. The van der Waals surface area contributed by atoms with E-state index in [4.69, 9.17) is 23.9 Å². The molecular weight excluding hydrogens is 470 g/mol. The topological polar surface area (TPSA) is 83.8 Å². The summed E-state index contributed by atoms with van der Waals surface area (Å²) in [6, 6.07) is 20.9. The van der Waals surface area contributed by atoms with E-state index in [0.29, 0.717) is 36.6 Å². The number of nitrogens with zero attached hydrogens (tertiary/aromatic N) is 2. The SMILES string of the molecule is COc1ccc(OCCCCn2c(CCNC(=O)c3ccc(OC)c(OC)c3)nc3ccccc32)cc1. The van der Waals surface area contributed by atoms with E-state index >= 15 is 0 Å². The number of hydrogen-bond acceptors (Lipinski definition) is 6. The number of carbonyl (C=O) groups excluding carboxylic acids is 1. The predicted octanol–water partition coefficient (Wildman–Crippen LogP) is 4.89. The van der Waals surface area contributed by atoms with E-state index < -0.39 is 0 Å².